The standard InChI is InChI=1S/C13H14F3N5O/c14-13(15,16)11(17)2-4-20-8-5-9(12(18)22)21-10-6-19-3-1-7(8)10/h2,4-5,17,19H,1,3,6H2,(H2,18,22)(H,20,21)/b4-2-,17-11?. The molecule has 1 aliphatic rings. The summed E-state index contributed by atoms with van der Waals surface area (Å²) in [6.45, 7) is 1.15. The Kier molecular flexibility index (Phi) is 4.45. The maximum Gasteiger partial charge on any atom is 0.432 e. The van der Waals surface area contributed by atoms with Crippen molar-refractivity contribution in [2.45, 2.75) is 19.1 Å². The molecule has 0 fully saturated rings. The molecule has 9 heteroatoms. The number of allylic oxidation sites excluding steroid dienone is 1. The van der Waals surface area contributed by atoms with E-state index in [1.807, 2.05) is 0 Å². The highest BCUT2D eigenvalue weighted by molar-refractivity contribution is 5.97. The van der Waals surface area contributed by atoms with E-state index in [1.165, 1.54) is 6.07 Å². The first-order valence-corrected chi connectivity index (χ1v) is 6.41. The number of rotatable bonds is 4. The van der Waals surface area contributed by atoms with Crippen molar-refractivity contribution >= 4 is 17.3 Å². The summed E-state index contributed by atoms with van der Waals surface area (Å²) >= 11 is 0. The van der Waals surface area contributed by atoms with Crippen LogP contribution in [-0.2, 0) is 13.0 Å². The van der Waals surface area contributed by atoms with Crippen molar-refractivity contribution in [2.24, 2.45) is 5.73 Å². The number of anilines is 1. The second-order valence-electron chi connectivity index (χ2n) is 4.66. The summed E-state index contributed by atoms with van der Waals surface area (Å²) in [4.78, 5) is 15.4. The predicted molar refractivity (Wildman–Crippen MR) is 74.7 cm³/mol. The van der Waals surface area contributed by atoms with Gasteiger partial charge in [0.25, 0.3) is 5.91 Å². The summed E-state index contributed by atoms with van der Waals surface area (Å²) in [7, 11) is 0. The third-order valence-electron chi connectivity index (χ3n) is 3.10. The number of amides is 1. The van der Waals surface area contributed by atoms with Crippen LogP contribution in [-0.4, -0.2) is 29.3 Å². The number of carbonyl (C=O) groups is 1. The molecular formula is C13H14F3N5O. The first kappa shape index (κ1) is 16.0. The lowest BCUT2D eigenvalue weighted by molar-refractivity contribution is -0.0584. The normalized spacial score (nSPS) is 14.7. The second kappa shape index (κ2) is 6.14. The molecule has 0 unspecified atom stereocenters. The maximum absolute atomic E-state index is 12.2. The van der Waals surface area contributed by atoms with Crippen molar-refractivity contribution < 1.29 is 18.0 Å². The smallest absolute Gasteiger partial charge is 0.364 e. The second-order valence-corrected chi connectivity index (χ2v) is 4.66. The van der Waals surface area contributed by atoms with Gasteiger partial charge >= 0.3 is 6.18 Å². The Labute approximate surface area is 124 Å². The SMILES string of the molecule is N=C(/C=C\Nc1cc(C(N)=O)nc2c1CCNC2)C(F)(F)F. The Morgan fingerprint density at radius 3 is 2.86 bits per heavy atom. The van der Waals surface area contributed by atoms with Crippen molar-refractivity contribution in [3.8, 4) is 0 Å². The Hall–Kier alpha value is -2.42. The number of primary amides is 1. The molecule has 118 valence electrons. The molecular weight excluding hydrogens is 299 g/mol. The highest BCUT2D eigenvalue weighted by atomic mass is 19.4. The first-order chi connectivity index (χ1) is 10.3. The first-order valence-electron chi connectivity index (χ1n) is 6.41. The van der Waals surface area contributed by atoms with E-state index >= 15 is 0 Å². The molecule has 0 atom stereocenters. The molecule has 1 aromatic heterocycles. The van der Waals surface area contributed by atoms with Crippen LogP contribution in [0.15, 0.2) is 18.3 Å². The van der Waals surface area contributed by atoms with Crippen LogP contribution in [0.2, 0.25) is 0 Å². The number of nitrogens with zero attached hydrogens (tertiary/aromatic N) is 1. The fourth-order valence-corrected chi connectivity index (χ4v) is 2.03. The molecule has 1 amide bonds. The Bertz CT molecular complexity index is 639. The van der Waals surface area contributed by atoms with Gasteiger partial charge in [0.05, 0.1) is 5.69 Å². The number of hydrogen-bond acceptors (Lipinski definition) is 5. The van der Waals surface area contributed by atoms with Gasteiger partial charge in [-0.3, -0.25) is 10.2 Å². The van der Waals surface area contributed by atoms with Crippen LogP contribution < -0.4 is 16.4 Å². The van der Waals surface area contributed by atoms with Crippen molar-refractivity contribution in [1.29, 1.82) is 5.41 Å². The molecule has 0 aliphatic carbocycles. The Morgan fingerprint density at radius 2 is 2.23 bits per heavy atom. The van der Waals surface area contributed by atoms with E-state index in [1.54, 1.807) is 0 Å². The van der Waals surface area contributed by atoms with E-state index < -0.39 is 17.8 Å². The molecule has 2 rings (SSSR count). The highest BCUT2D eigenvalue weighted by Crippen LogP contribution is 2.23. The summed E-state index contributed by atoms with van der Waals surface area (Å²) in [5.41, 5.74) is 5.66. The van der Waals surface area contributed by atoms with Crippen molar-refractivity contribution in [1.82, 2.24) is 10.3 Å². The van der Waals surface area contributed by atoms with Crippen LogP contribution in [0.1, 0.15) is 21.7 Å². The summed E-state index contributed by atoms with van der Waals surface area (Å²) in [5, 5.41) is 12.6. The van der Waals surface area contributed by atoms with Crippen LogP contribution in [0, 0.1) is 5.41 Å². The monoisotopic (exact) mass is 313 g/mol. The number of pyridine rings is 1. The molecule has 0 aromatic carbocycles. The third kappa shape index (κ3) is 3.61. The summed E-state index contributed by atoms with van der Waals surface area (Å²) in [6.07, 6.45) is -2.46. The van der Waals surface area contributed by atoms with Gasteiger partial charge in [-0.15, -0.1) is 0 Å². The molecule has 22 heavy (non-hydrogen) atoms. The zero-order chi connectivity index (χ0) is 16.3. The number of hydrogen-bond donors (Lipinski definition) is 4. The van der Waals surface area contributed by atoms with Crippen LogP contribution in [0.5, 0.6) is 0 Å². The van der Waals surface area contributed by atoms with E-state index in [9.17, 15) is 18.0 Å². The lowest BCUT2D eigenvalue weighted by Gasteiger charge is -2.20. The minimum atomic E-state index is -4.70. The van der Waals surface area contributed by atoms with Gasteiger partial charge in [-0.2, -0.15) is 13.2 Å². The van der Waals surface area contributed by atoms with Crippen LogP contribution in [0.3, 0.4) is 0 Å². The topological polar surface area (TPSA) is 104 Å². The van der Waals surface area contributed by atoms with Crippen molar-refractivity contribution in [3.63, 3.8) is 0 Å². The highest BCUT2D eigenvalue weighted by Gasteiger charge is 2.32. The molecule has 0 spiro atoms. The largest absolute Gasteiger partial charge is 0.432 e. The predicted octanol–water partition coefficient (Wildman–Crippen LogP) is 1.33. The fraction of sp³-hybridized carbons (Fsp3) is 0.308. The van der Waals surface area contributed by atoms with E-state index in [2.05, 4.69) is 15.6 Å². The Balaban J connectivity index is 2.26. The minimum Gasteiger partial charge on any atom is -0.364 e. The fourth-order valence-electron chi connectivity index (χ4n) is 2.03. The number of halogens is 3. The summed E-state index contributed by atoms with van der Waals surface area (Å²) in [5.74, 6) is -0.719. The maximum atomic E-state index is 12.2. The third-order valence-corrected chi connectivity index (χ3v) is 3.10. The molecule has 0 bridgehead atoms. The van der Waals surface area contributed by atoms with Gasteiger partial charge in [0.2, 0.25) is 0 Å². The number of aromatic nitrogens is 1. The van der Waals surface area contributed by atoms with Gasteiger partial charge in [-0.1, -0.05) is 0 Å². The minimum absolute atomic E-state index is 0.0317. The van der Waals surface area contributed by atoms with Gasteiger partial charge in [-0.05, 0) is 30.7 Å². The number of alkyl halides is 3. The summed E-state index contributed by atoms with van der Waals surface area (Å²) in [6, 6.07) is 1.40. The molecule has 0 saturated heterocycles. The molecule has 0 saturated carbocycles. The van der Waals surface area contributed by atoms with Crippen molar-refractivity contribution in [2.75, 3.05) is 11.9 Å². The van der Waals surface area contributed by atoms with Gasteiger partial charge in [0.15, 0.2) is 0 Å². The molecule has 6 nitrogen and oxygen atoms in total. The van der Waals surface area contributed by atoms with E-state index in [0.29, 0.717) is 37.0 Å². The quantitative estimate of drug-likeness (QED) is 0.630. The average Bonchev–Trinajstić information content (AvgIpc) is 2.45. The van der Waals surface area contributed by atoms with Gasteiger partial charge in [0, 0.05) is 18.4 Å². The zero-order valence-corrected chi connectivity index (χ0v) is 11.4. The molecule has 1 aromatic rings. The van der Waals surface area contributed by atoms with E-state index in [4.69, 9.17) is 11.1 Å². The Morgan fingerprint density at radius 1 is 1.50 bits per heavy atom. The van der Waals surface area contributed by atoms with Crippen LogP contribution in [0.25, 0.3) is 0 Å². The van der Waals surface area contributed by atoms with E-state index in [0.717, 1.165) is 11.8 Å². The molecule has 1 aliphatic heterocycles. The van der Waals surface area contributed by atoms with Gasteiger partial charge in [-0.25, -0.2) is 4.98 Å². The van der Waals surface area contributed by atoms with Gasteiger partial charge in [0.1, 0.15) is 11.4 Å². The summed E-state index contributed by atoms with van der Waals surface area (Å²) < 4.78 is 36.7. The lowest BCUT2D eigenvalue weighted by Crippen LogP contribution is -2.27. The number of fused-ring (bicyclic) bond motifs is 1. The molecule has 0 radical (unpaired) electrons. The molecule has 2 heterocycles. The zero-order valence-electron chi connectivity index (χ0n) is 11.4. The van der Waals surface area contributed by atoms with Gasteiger partial charge < -0.3 is 16.4 Å². The molecule has 5 N–H and O–H groups in total. The van der Waals surface area contributed by atoms with Crippen molar-refractivity contribution in [3.05, 3.63) is 35.3 Å². The van der Waals surface area contributed by atoms with Crippen LogP contribution in [0.4, 0.5) is 18.9 Å². The average molecular weight is 313 g/mol. The number of nitrogens with one attached hydrogen (secondary N) is 3. The number of nitrogens with two attached hydrogens (primary N) is 1. The van der Waals surface area contributed by atoms with E-state index in [-0.39, 0.29) is 5.69 Å². The lowest BCUT2D eigenvalue weighted by atomic mass is 10.0. The van der Waals surface area contributed by atoms with Crippen LogP contribution >= 0.6 is 0 Å². The number of carbonyl (C=O) groups excluding carboxylic acids is 1.